The Hall–Kier alpha value is -6.73. The zero-order chi connectivity index (χ0) is 48.8. The lowest BCUT2D eigenvalue weighted by Crippen LogP contribution is -2.51. The van der Waals surface area contributed by atoms with Crippen molar-refractivity contribution in [3.05, 3.63) is 88.1 Å². The highest BCUT2D eigenvalue weighted by molar-refractivity contribution is 7.12. The molecule has 4 unspecified atom stereocenters. The second-order valence-electron chi connectivity index (χ2n) is 20.1. The standard InChI is InChI=1S/C52H56FN9O8S/c1-25(2)44(58-51(65)67-3)48(63)60-15-5-7-36(60)47-55-22-34(57-47)28-18-32(53)43-38-19-29-17-27(11-12-35(29)62(38)50(70-39(43)20-28)41-14-13-40(71-41)26-9-10-26)33-21-54-46(56-33)37-8-6-16-61(37)49(64)45(59-52(66)68-4)42-30-23-69-24-31(30)42/h11-14,17-22,25-26,30-31,36-37,42,44-45,50H,5-10,15-16,23-24H2,1-4H3,(H,54,56)(H,55,57)(H,58,65)(H,59,66)/t30?,31?,36-,37-,42?,44-,45?,50?/m0/s1. The highest BCUT2D eigenvalue weighted by Gasteiger charge is 2.60. The van der Waals surface area contributed by atoms with Crippen LogP contribution in [0.4, 0.5) is 14.0 Å². The van der Waals surface area contributed by atoms with E-state index in [-0.39, 0.29) is 47.6 Å². The molecule has 19 heteroatoms. The summed E-state index contributed by atoms with van der Waals surface area (Å²) in [6.45, 7) is 5.99. The first kappa shape index (κ1) is 45.4. The number of methoxy groups -OCH3 is 2. The molecule has 2 aromatic carbocycles. The fourth-order valence-electron chi connectivity index (χ4n) is 11.7. The number of rotatable bonds is 12. The lowest BCUT2D eigenvalue weighted by atomic mass is 10.0. The minimum atomic E-state index is -0.769. The van der Waals surface area contributed by atoms with Gasteiger partial charge in [0.05, 0.1) is 84.9 Å². The second-order valence-corrected chi connectivity index (χ2v) is 21.3. The summed E-state index contributed by atoms with van der Waals surface area (Å²) in [5, 5.41) is 6.43. The highest BCUT2D eigenvalue weighted by atomic mass is 32.1. The molecule has 8 heterocycles. The summed E-state index contributed by atoms with van der Waals surface area (Å²) in [7, 11) is 2.58. The molecule has 5 fully saturated rings. The maximum absolute atomic E-state index is 17.0. The first-order chi connectivity index (χ1) is 34.5. The third-order valence-corrected chi connectivity index (χ3v) is 16.8. The minimum absolute atomic E-state index is 0.0115. The number of aromatic amines is 2. The number of amides is 4. The molecular weight excluding hydrogens is 930 g/mol. The molecule has 3 saturated heterocycles. The second kappa shape index (κ2) is 17.8. The number of imidazole rings is 2. The first-order valence-electron chi connectivity index (χ1n) is 24.7. The molecular formula is C52H56FN9O8S. The predicted octanol–water partition coefficient (Wildman–Crippen LogP) is 8.43. The Morgan fingerprint density at radius 2 is 1.44 bits per heavy atom. The number of halogens is 1. The van der Waals surface area contributed by atoms with Crippen LogP contribution in [0.5, 0.6) is 5.75 Å². The van der Waals surface area contributed by atoms with E-state index in [0.29, 0.717) is 78.6 Å². The van der Waals surface area contributed by atoms with Crippen molar-refractivity contribution in [2.45, 2.75) is 88.7 Å². The number of nitrogens with one attached hydrogen (secondary N) is 4. The number of nitrogens with zero attached hydrogens (tertiary/aromatic N) is 5. The number of hydrogen-bond donors (Lipinski definition) is 4. The molecule has 0 spiro atoms. The lowest BCUT2D eigenvalue weighted by molar-refractivity contribution is -0.136. The van der Waals surface area contributed by atoms with Gasteiger partial charge < -0.3 is 49.3 Å². The first-order valence-corrected chi connectivity index (χ1v) is 25.5. The van der Waals surface area contributed by atoms with Crippen LogP contribution in [0.25, 0.3) is 44.7 Å². The number of H-pyrrole nitrogens is 2. The van der Waals surface area contributed by atoms with Crippen LogP contribution in [0.3, 0.4) is 0 Å². The molecule has 0 radical (unpaired) electrons. The topological polar surface area (TPSA) is 198 Å². The van der Waals surface area contributed by atoms with Crippen LogP contribution in [-0.2, 0) is 23.8 Å². The van der Waals surface area contributed by atoms with E-state index in [0.717, 1.165) is 46.3 Å². The van der Waals surface area contributed by atoms with Gasteiger partial charge in [0.15, 0.2) is 0 Å². The minimum Gasteiger partial charge on any atom is -0.464 e. The van der Waals surface area contributed by atoms with Gasteiger partial charge >= 0.3 is 12.2 Å². The van der Waals surface area contributed by atoms with E-state index >= 15 is 4.39 Å². The number of hydrogen-bond acceptors (Lipinski definition) is 11. The van der Waals surface area contributed by atoms with Crippen LogP contribution in [0.2, 0.25) is 0 Å². The van der Waals surface area contributed by atoms with Gasteiger partial charge in [0, 0.05) is 34.5 Å². The van der Waals surface area contributed by atoms with E-state index < -0.39 is 36.3 Å². The number of thiophene rings is 1. The van der Waals surface area contributed by atoms with Crippen molar-refractivity contribution in [1.82, 2.24) is 44.9 Å². The van der Waals surface area contributed by atoms with E-state index in [1.165, 1.54) is 38.0 Å². The van der Waals surface area contributed by atoms with Crippen LogP contribution in [-0.4, -0.2) is 111 Å². The maximum Gasteiger partial charge on any atom is 0.407 e. The zero-order valence-electron chi connectivity index (χ0n) is 39.9. The zero-order valence-corrected chi connectivity index (χ0v) is 40.7. The van der Waals surface area contributed by atoms with E-state index in [1.807, 2.05) is 43.0 Å². The van der Waals surface area contributed by atoms with Crippen molar-refractivity contribution >= 4 is 46.2 Å². The number of ether oxygens (including phenoxy) is 4. The smallest absolute Gasteiger partial charge is 0.407 e. The SMILES string of the molecule is COC(=O)NC(C(=O)N1CCC[C@H]1c1ncc(-c2ccc3c(c2)cc2n3C(c3ccc(C4CC4)s3)Oc3cc(-c4cnc([C@@H]5CCCN5C(=O)[C@@H](NC(=O)OC)C(C)C)[nH]4)cc(F)c3-2)[nH]1)C1C2COCC21. The number of alkyl carbamates (subject to hydrolysis) is 2. The van der Waals surface area contributed by atoms with Gasteiger partial charge in [-0.25, -0.2) is 23.9 Å². The molecule has 4 aliphatic heterocycles. The Morgan fingerprint density at radius 3 is 2.10 bits per heavy atom. The molecule has 4 N–H and O–H groups in total. The molecule has 4 amide bonds. The van der Waals surface area contributed by atoms with Crippen molar-refractivity contribution < 1.29 is 42.5 Å². The summed E-state index contributed by atoms with van der Waals surface area (Å²) < 4.78 is 41.3. The summed E-state index contributed by atoms with van der Waals surface area (Å²) in [5.74, 6) is 1.75. The van der Waals surface area contributed by atoms with Crippen LogP contribution >= 0.6 is 11.3 Å². The van der Waals surface area contributed by atoms with Gasteiger partial charge in [0.2, 0.25) is 18.0 Å². The average Bonchev–Trinajstić information content (AvgIpc) is 3.99. The van der Waals surface area contributed by atoms with Crippen molar-refractivity contribution in [1.29, 1.82) is 0 Å². The number of aromatic nitrogens is 5. The Morgan fingerprint density at radius 1 is 0.789 bits per heavy atom. The number of carbonyl (C=O) groups is 4. The van der Waals surface area contributed by atoms with E-state index in [1.54, 1.807) is 28.6 Å². The van der Waals surface area contributed by atoms with Gasteiger partial charge in [0.25, 0.3) is 0 Å². The van der Waals surface area contributed by atoms with Gasteiger partial charge in [0.1, 0.15) is 35.3 Å². The summed E-state index contributed by atoms with van der Waals surface area (Å²) in [5.41, 5.74) is 4.71. The van der Waals surface area contributed by atoms with Crippen LogP contribution in [0, 0.1) is 29.5 Å². The molecule has 2 aliphatic carbocycles. The summed E-state index contributed by atoms with van der Waals surface area (Å²) in [6, 6.07) is 13.7. The molecule has 7 atom stereocenters. The van der Waals surface area contributed by atoms with Crippen LogP contribution < -0.4 is 15.4 Å². The van der Waals surface area contributed by atoms with Crippen LogP contribution in [0.15, 0.2) is 60.9 Å². The molecule has 6 aromatic rings. The Kier molecular flexibility index (Phi) is 11.4. The number of carbonyl (C=O) groups excluding carboxylic acids is 4. The number of benzene rings is 2. The quantitative estimate of drug-likeness (QED) is 0.0924. The fourth-order valence-corrected chi connectivity index (χ4v) is 12.9. The fraction of sp³-hybridized carbons (Fsp3) is 0.462. The molecule has 6 aliphatic rings. The Labute approximate surface area is 412 Å². The van der Waals surface area contributed by atoms with E-state index in [4.69, 9.17) is 28.9 Å². The van der Waals surface area contributed by atoms with Crippen molar-refractivity contribution in [2.24, 2.45) is 23.7 Å². The molecule has 4 aromatic heterocycles. The van der Waals surface area contributed by atoms with Gasteiger partial charge in [-0.1, -0.05) is 19.9 Å². The Bertz CT molecular complexity index is 3070. The third kappa shape index (κ3) is 8.00. The van der Waals surface area contributed by atoms with Crippen molar-refractivity contribution in [2.75, 3.05) is 40.5 Å². The molecule has 12 rings (SSSR count). The maximum atomic E-state index is 17.0. The number of likely N-dealkylation sites (tertiary alicyclic amines) is 2. The molecule has 370 valence electrons. The van der Waals surface area contributed by atoms with E-state index in [2.05, 4.69) is 43.4 Å². The van der Waals surface area contributed by atoms with E-state index in [9.17, 15) is 19.2 Å². The van der Waals surface area contributed by atoms with Crippen LogP contribution in [0.1, 0.15) is 98.0 Å². The normalized spacial score (nSPS) is 24.0. The van der Waals surface area contributed by atoms with Gasteiger partial charge in [-0.3, -0.25) is 14.2 Å². The van der Waals surface area contributed by atoms with Crippen molar-refractivity contribution in [3.63, 3.8) is 0 Å². The Balaban J connectivity index is 0.845. The molecule has 0 bridgehead atoms. The van der Waals surface area contributed by atoms with Gasteiger partial charge in [-0.15, -0.1) is 11.3 Å². The summed E-state index contributed by atoms with van der Waals surface area (Å²) >= 11 is 1.73. The summed E-state index contributed by atoms with van der Waals surface area (Å²) in [6.07, 6.45) is 6.91. The van der Waals surface area contributed by atoms with Crippen molar-refractivity contribution in [3.8, 4) is 39.5 Å². The van der Waals surface area contributed by atoms with Gasteiger partial charge in [-0.05, 0) is 111 Å². The van der Waals surface area contributed by atoms with Gasteiger partial charge in [-0.2, -0.15) is 0 Å². The third-order valence-electron chi connectivity index (χ3n) is 15.5. The monoisotopic (exact) mass is 985 g/mol. The molecule has 71 heavy (non-hydrogen) atoms. The highest BCUT2D eigenvalue weighted by Crippen LogP contribution is 2.54. The average molecular weight is 986 g/mol. The summed E-state index contributed by atoms with van der Waals surface area (Å²) in [4.78, 5) is 75.1. The predicted molar refractivity (Wildman–Crippen MR) is 260 cm³/mol. The largest absolute Gasteiger partial charge is 0.464 e. The molecule has 2 saturated carbocycles. The molecule has 17 nitrogen and oxygen atoms in total. The lowest BCUT2D eigenvalue weighted by Gasteiger charge is -2.30. The number of fused-ring (bicyclic) bond motifs is 6.